The highest BCUT2D eigenvalue weighted by Gasteiger charge is 2.36. The number of amides is 1. The Morgan fingerprint density at radius 1 is 1.00 bits per heavy atom. The van der Waals surface area contributed by atoms with Crippen molar-refractivity contribution in [1.82, 2.24) is 4.90 Å². The number of carbonyl (C=O) groups excluding carboxylic acids is 1. The van der Waals surface area contributed by atoms with Crippen molar-refractivity contribution >= 4 is 5.91 Å². The molecule has 2 saturated carbocycles. The third-order valence-corrected chi connectivity index (χ3v) is 5.84. The molecule has 2 aliphatic rings. The van der Waals surface area contributed by atoms with Crippen LogP contribution in [0.15, 0.2) is 0 Å². The second-order valence-corrected chi connectivity index (χ2v) is 8.28. The van der Waals surface area contributed by atoms with E-state index >= 15 is 0 Å². The molecular formula is C18H33NO2. The Balaban J connectivity index is 1.89. The average Bonchev–Trinajstić information content (AvgIpc) is 2.45. The van der Waals surface area contributed by atoms with E-state index in [1.165, 1.54) is 12.8 Å². The van der Waals surface area contributed by atoms with Gasteiger partial charge >= 0.3 is 0 Å². The van der Waals surface area contributed by atoms with E-state index < -0.39 is 0 Å². The molecule has 0 aromatic heterocycles. The van der Waals surface area contributed by atoms with Crippen LogP contribution >= 0.6 is 0 Å². The van der Waals surface area contributed by atoms with Gasteiger partial charge in [0.2, 0.25) is 5.91 Å². The van der Waals surface area contributed by atoms with E-state index in [4.69, 9.17) is 0 Å². The number of likely N-dealkylation sites (N-methyl/N-ethyl adjacent to an activating group) is 1. The lowest BCUT2D eigenvalue weighted by Crippen LogP contribution is -2.48. The molecule has 3 nitrogen and oxygen atoms in total. The van der Waals surface area contributed by atoms with Gasteiger partial charge in [-0.2, -0.15) is 0 Å². The molecule has 0 heterocycles. The van der Waals surface area contributed by atoms with Crippen molar-refractivity contribution in [2.75, 3.05) is 7.05 Å². The maximum atomic E-state index is 12.7. The summed E-state index contributed by atoms with van der Waals surface area (Å²) < 4.78 is 0. The molecule has 0 saturated heterocycles. The molecule has 0 radical (unpaired) electrons. The summed E-state index contributed by atoms with van der Waals surface area (Å²) in [4.78, 5) is 14.6. The first-order valence-electron chi connectivity index (χ1n) is 8.75. The third-order valence-electron chi connectivity index (χ3n) is 5.84. The minimum Gasteiger partial charge on any atom is -0.391 e. The highest BCUT2D eigenvalue weighted by Crippen LogP contribution is 2.40. The highest BCUT2D eigenvalue weighted by molar-refractivity contribution is 5.79. The number of hydrogen-bond acceptors (Lipinski definition) is 2. The van der Waals surface area contributed by atoms with Gasteiger partial charge in [0.05, 0.1) is 12.1 Å². The monoisotopic (exact) mass is 295 g/mol. The molecule has 21 heavy (non-hydrogen) atoms. The molecule has 0 aromatic rings. The zero-order valence-corrected chi connectivity index (χ0v) is 14.3. The summed E-state index contributed by atoms with van der Waals surface area (Å²) in [7, 11) is 1.90. The number of rotatable bonds is 2. The van der Waals surface area contributed by atoms with E-state index in [1.807, 2.05) is 11.9 Å². The molecular weight excluding hydrogens is 262 g/mol. The zero-order chi connectivity index (χ0) is 15.6. The van der Waals surface area contributed by atoms with E-state index in [9.17, 15) is 9.90 Å². The van der Waals surface area contributed by atoms with Crippen molar-refractivity contribution in [3.05, 3.63) is 0 Å². The maximum absolute atomic E-state index is 12.7. The van der Waals surface area contributed by atoms with Crippen LogP contribution in [0.1, 0.15) is 72.1 Å². The van der Waals surface area contributed by atoms with Crippen LogP contribution in [0.5, 0.6) is 0 Å². The van der Waals surface area contributed by atoms with Crippen molar-refractivity contribution in [3.63, 3.8) is 0 Å². The molecule has 1 amide bonds. The molecule has 3 heteroatoms. The van der Waals surface area contributed by atoms with Crippen LogP contribution in [0.4, 0.5) is 0 Å². The predicted molar refractivity (Wildman–Crippen MR) is 85.9 cm³/mol. The Hall–Kier alpha value is -0.570. The predicted octanol–water partition coefficient (Wildman–Crippen LogP) is 3.60. The van der Waals surface area contributed by atoms with Gasteiger partial charge in [0.15, 0.2) is 0 Å². The van der Waals surface area contributed by atoms with Crippen molar-refractivity contribution in [1.29, 1.82) is 0 Å². The summed E-state index contributed by atoms with van der Waals surface area (Å²) in [5, 5.41) is 10.1. The summed E-state index contributed by atoms with van der Waals surface area (Å²) in [5.74, 6) is 1.20. The summed E-state index contributed by atoms with van der Waals surface area (Å²) in [6.07, 6.45) is 8.09. The second kappa shape index (κ2) is 6.68. The quantitative estimate of drug-likeness (QED) is 0.845. The number of hydrogen-bond donors (Lipinski definition) is 1. The first-order valence-corrected chi connectivity index (χ1v) is 8.75. The van der Waals surface area contributed by atoms with Gasteiger partial charge in [-0.25, -0.2) is 0 Å². The van der Waals surface area contributed by atoms with Crippen molar-refractivity contribution in [2.45, 2.75) is 84.3 Å². The van der Waals surface area contributed by atoms with Gasteiger partial charge in [-0.15, -0.1) is 0 Å². The Morgan fingerprint density at radius 3 is 2.10 bits per heavy atom. The van der Waals surface area contributed by atoms with Gasteiger partial charge in [-0.3, -0.25) is 4.79 Å². The van der Waals surface area contributed by atoms with Crippen molar-refractivity contribution in [2.24, 2.45) is 17.3 Å². The van der Waals surface area contributed by atoms with E-state index in [2.05, 4.69) is 20.8 Å². The lowest BCUT2D eigenvalue weighted by atomic mass is 9.69. The molecule has 0 spiro atoms. The normalized spacial score (nSPS) is 34.5. The van der Waals surface area contributed by atoms with Crippen LogP contribution in [0, 0.1) is 17.3 Å². The summed E-state index contributed by atoms with van der Waals surface area (Å²) in [5.41, 5.74) is 0.361. The smallest absolute Gasteiger partial charge is 0.225 e. The number of aliphatic hydroxyl groups is 1. The van der Waals surface area contributed by atoms with Gasteiger partial charge < -0.3 is 10.0 Å². The van der Waals surface area contributed by atoms with E-state index in [-0.39, 0.29) is 24.0 Å². The fourth-order valence-electron chi connectivity index (χ4n) is 4.20. The average molecular weight is 295 g/mol. The molecule has 2 atom stereocenters. The first-order chi connectivity index (χ1) is 9.80. The number of aliphatic hydroxyl groups excluding tert-OH is 1. The lowest BCUT2D eigenvalue weighted by molar-refractivity contribution is -0.141. The summed E-state index contributed by atoms with van der Waals surface area (Å²) in [6.45, 7) is 6.93. The van der Waals surface area contributed by atoms with Crippen LogP contribution in [0.2, 0.25) is 0 Å². The summed E-state index contributed by atoms with van der Waals surface area (Å²) >= 11 is 0. The van der Waals surface area contributed by atoms with Gasteiger partial charge in [0, 0.05) is 13.0 Å². The molecule has 0 aromatic carbocycles. The lowest BCUT2D eigenvalue weighted by Gasteiger charge is -2.40. The fraction of sp³-hybridized carbons (Fsp3) is 0.944. The van der Waals surface area contributed by atoms with Crippen LogP contribution in [0.3, 0.4) is 0 Å². The van der Waals surface area contributed by atoms with E-state index in [0.717, 1.165) is 44.4 Å². The minimum absolute atomic E-state index is 0.0478. The van der Waals surface area contributed by atoms with Gasteiger partial charge in [-0.1, -0.05) is 33.6 Å². The molecule has 0 aliphatic heterocycles. The number of carbonyl (C=O) groups is 1. The Bertz CT molecular complexity index is 353. The van der Waals surface area contributed by atoms with Crippen LogP contribution in [0.25, 0.3) is 0 Å². The molecule has 0 bridgehead atoms. The standard InChI is InChI=1S/C18H33NO2/c1-18(2,3)14-11-9-13(10-12-14)17(21)19(4)15-7-5-6-8-16(15)20/h13-16,20H,5-12H2,1-4H3. The van der Waals surface area contributed by atoms with Gasteiger partial charge in [-0.05, 0) is 49.9 Å². The highest BCUT2D eigenvalue weighted by atomic mass is 16.3. The Labute approximate surface area is 130 Å². The molecule has 2 rings (SSSR count). The molecule has 2 aliphatic carbocycles. The SMILES string of the molecule is CN(C(=O)C1CCC(C(C)(C)C)CC1)C1CCCCC1O. The van der Waals surface area contributed by atoms with Gasteiger partial charge in [0.25, 0.3) is 0 Å². The van der Waals surface area contributed by atoms with E-state index in [1.54, 1.807) is 0 Å². The number of nitrogens with zero attached hydrogens (tertiary/aromatic N) is 1. The van der Waals surface area contributed by atoms with Crippen LogP contribution in [-0.4, -0.2) is 35.1 Å². The minimum atomic E-state index is -0.321. The molecule has 1 N–H and O–H groups in total. The third kappa shape index (κ3) is 4.00. The zero-order valence-electron chi connectivity index (χ0n) is 14.3. The van der Waals surface area contributed by atoms with E-state index in [0.29, 0.717) is 5.41 Å². The second-order valence-electron chi connectivity index (χ2n) is 8.28. The Morgan fingerprint density at radius 2 is 1.57 bits per heavy atom. The fourth-order valence-corrected chi connectivity index (χ4v) is 4.20. The van der Waals surface area contributed by atoms with Crippen molar-refractivity contribution in [3.8, 4) is 0 Å². The van der Waals surface area contributed by atoms with Gasteiger partial charge in [0.1, 0.15) is 0 Å². The molecule has 2 fully saturated rings. The van der Waals surface area contributed by atoms with Crippen LogP contribution in [-0.2, 0) is 4.79 Å². The van der Waals surface area contributed by atoms with Crippen molar-refractivity contribution < 1.29 is 9.90 Å². The molecule has 122 valence electrons. The molecule has 2 unspecified atom stereocenters. The topological polar surface area (TPSA) is 40.5 Å². The Kier molecular flexibility index (Phi) is 5.34. The largest absolute Gasteiger partial charge is 0.391 e. The van der Waals surface area contributed by atoms with Crippen LogP contribution < -0.4 is 0 Å². The summed E-state index contributed by atoms with van der Waals surface area (Å²) in [6, 6.07) is 0.0478. The first kappa shape index (κ1) is 16.8. The maximum Gasteiger partial charge on any atom is 0.225 e.